The Hall–Kier alpha value is -1.81. The highest BCUT2D eigenvalue weighted by Gasteiger charge is 2.13. The molecule has 0 spiro atoms. The van der Waals surface area contributed by atoms with Crippen LogP contribution < -0.4 is 4.90 Å². The van der Waals surface area contributed by atoms with Gasteiger partial charge in [-0.3, -0.25) is 4.79 Å². The van der Waals surface area contributed by atoms with Crippen LogP contribution in [0.4, 0.5) is 5.69 Å². The minimum absolute atomic E-state index is 0.0166. The Morgan fingerprint density at radius 3 is 2.67 bits per heavy atom. The van der Waals surface area contributed by atoms with E-state index in [0.29, 0.717) is 6.54 Å². The fraction of sp³-hybridized carbons (Fsp3) is 0.214. The van der Waals surface area contributed by atoms with Crippen molar-refractivity contribution in [3.8, 4) is 0 Å². The lowest BCUT2D eigenvalue weighted by Gasteiger charge is -2.24. The molecular formula is C14H15NO2S. The maximum absolute atomic E-state index is 11.0. The lowest BCUT2D eigenvalue weighted by atomic mass is 10.2. The Kier molecular flexibility index (Phi) is 3.99. The highest BCUT2D eigenvalue weighted by Crippen LogP contribution is 2.22. The molecule has 0 aliphatic rings. The first-order valence-corrected chi connectivity index (χ1v) is 6.59. The predicted molar refractivity (Wildman–Crippen MR) is 74.2 cm³/mol. The number of nitrogens with zero attached hydrogens (tertiary/aromatic N) is 1. The second-order valence-electron chi connectivity index (χ2n) is 4.12. The molecule has 18 heavy (non-hydrogen) atoms. The van der Waals surface area contributed by atoms with Gasteiger partial charge in [-0.1, -0.05) is 24.3 Å². The van der Waals surface area contributed by atoms with E-state index in [-0.39, 0.29) is 6.54 Å². The molecule has 0 fully saturated rings. The number of carboxylic acids is 1. The van der Waals surface area contributed by atoms with E-state index in [2.05, 4.69) is 0 Å². The van der Waals surface area contributed by atoms with Gasteiger partial charge in [-0.05, 0) is 30.0 Å². The molecule has 1 heterocycles. The number of aryl methyl sites for hydroxylation is 1. The van der Waals surface area contributed by atoms with Crippen LogP contribution in [0.1, 0.15) is 10.4 Å². The molecule has 1 N–H and O–H groups in total. The standard InChI is InChI=1S/C14H15NO2S/c1-11-5-2-3-7-13(11)15(10-14(16)17)9-12-6-4-8-18-12/h2-8H,9-10H2,1H3,(H,16,17). The molecule has 0 saturated heterocycles. The maximum atomic E-state index is 11.0. The zero-order valence-corrected chi connectivity index (χ0v) is 11.0. The third kappa shape index (κ3) is 3.11. The second kappa shape index (κ2) is 5.69. The Labute approximate surface area is 110 Å². The normalized spacial score (nSPS) is 10.3. The summed E-state index contributed by atoms with van der Waals surface area (Å²) in [7, 11) is 0. The maximum Gasteiger partial charge on any atom is 0.323 e. The van der Waals surface area contributed by atoms with Gasteiger partial charge in [-0.2, -0.15) is 0 Å². The average molecular weight is 261 g/mol. The van der Waals surface area contributed by atoms with Crippen molar-refractivity contribution in [2.75, 3.05) is 11.4 Å². The Morgan fingerprint density at radius 2 is 2.06 bits per heavy atom. The topological polar surface area (TPSA) is 40.5 Å². The number of anilines is 1. The molecule has 0 saturated carbocycles. The van der Waals surface area contributed by atoms with Gasteiger partial charge in [0, 0.05) is 10.6 Å². The molecule has 0 unspecified atom stereocenters. The van der Waals surface area contributed by atoms with Crippen LogP contribution in [0.5, 0.6) is 0 Å². The number of carbonyl (C=O) groups is 1. The summed E-state index contributed by atoms with van der Waals surface area (Å²) in [5, 5.41) is 11.0. The highest BCUT2D eigenvalue weighted by molar-refractivity contribution is 7.09. The molecule has 94 valence electrons. The Balaban J connectivity index is 2.25. The highest BCUT2D eigenvalue weighted by atomic mass is 32.1. The summed E-state index contributed by atoms with van der Waals surface area (Å²) in [6, 6.07) is 11.9. The number of hydrogen-bond donors (Lipinski definition) is 1. The van der Waals surface area contributed by atoms with Crippen LogP contribution in [0.15, 0.2) is 41.8 Å². The molecule has 4 heteroatoms. The van der Waals surface area contributed by atoms with Crippen molar-refractivity contribution >= 4 is 23.0 Å². The fourth-order valence-corrected chi connectivity index (χ4v) is 2.62. The van der Waals surface area contributed by atoms with E-state index in [1.807, 2.05) is 53.6 Å². The van der Waals surface area contributed by atoms with E-state index in [0.717, 1.165) is 11.3 Å². The van der Waals surface area contributed by atoms with E-state index in [1.54, 1.807) is 11.3 Å². The minimum atomic E-state index is -0.810. The molecule has 2 rings (SSSR count). The number of thiophene rings is 1. The predicted octanol–water partition coefficient (Wildman–Crippen LogP) is 3.15. The number of aliphatic carboxylic acids is 1. The Morgan fingerprint density at radius 1 is 1.28 bits per heavy atom. The van der Waals surface area contributed by atoms with Crippen molar-refractivity contribution < 1.29 is 9.90 Å². The van der Waals surface area contributed by atoms with Crippen LogP contribution in [-0.4, -0.2) is 17.6 Å². The van der Waals surface area contributed by atoms with Crippen LogP contribution in [0.3, 0.4) is 0 Å². The summed E-state index contributed by atoms with van der Waals surface area (Å²) >= 11 is 1.64. The number of para-hydroxylation sites is 1. The summed E-state index contributed by atoms with van der Waals surface area (Å²) in [5.74, 6) is -0.810. The third-order valence-electron chi connectivity index (χ3n) is 2.71. The molecule has 0 aliphatic heterocycles. The molecule has 1 aromatic carbocycles. The third-order valence-corrected chi connectivity index (χ3v) is 3.57. The van der Waals surface area contributed by atoms with Crippen LogP contribution in [0, 0.1) is 6.92 Å². The summed E-state index contributed by atoms with van der Waals surface area (Å²) < 4.78 is 0. The van der Waals surface area contributed by atoms with Gasteiger partial charge in [0.15, 0.2) is 0 Å². The number of rotatable bonds is 5. The lowest BCUT2D eigenvalue weighted by Crippen LogP contribution is -2.29. The van der Waals surface area contributed by atoms with Crippen molar-refractivity contribution in [1.29, 1.82) is 0 Å². The van der Waals surface area contributed by atoms with Crippen molar-refractivity contribution in [2.45, 2.75) is 13.5 Å². The van der Waals surface area contributed by atoms with Gasteiger partial charge in [0.25, 0.3) is 0 Å². The van der Waals surface area contributed by atoms with Gasteiger partial charge in [0.05, 0.1) is 6.54 Å². The van der Waals surface area contributed by atoms with Gasteiger partial charge in [0.1, 0.15) is 6.54 Å². The average Bonchev–Trinajstić information content (AvgIpc) is 2.81. The molecular weight excluding hydrogens is 246 g/mol. The number of benzene rings is 1. The molecule has 1 aromatic heterocycles. The second-order valence-corrected chi connectivity index (χ2v) is 5.15. The largest absolute Gasteiger partial charge is 0.480 e. The lowest BCUT2D eigenvalue weighted by molar-refractivity contribution is -0.135. The van der Waals surface area contributed by atoms with E-state index in [4.69, 9.17) is 5.11 Å². The first kappa shape index (κ1) is 12.6. The summed E-state index contributed by atoms with van der Waals surface area (Å²) in [4.78, 5) is 14.0. The zero-order chi connectivity index (χ0) is 13.0. The molecule has 2 aromatic rings. The van der Waals surface area contributed by atoms with Crippen LogP contribution in [-0.2, 0) is 11.3 Å². The van der Waals surface area contributed by atoms with Crippen molar-refractivity contribution in [2.24, 2.45) is 0 Å². The summed E-state index contributed by atoms with van der Waals surface area (Å²) in [5.41, 5.74) is 2.07. The van der Waals surface area contributed by atoms with Crippen molar-refractivity contribution in [3.63, 3.8) is 0 Å². The van der Waals surface area contributed by atoms with Crippen LogP contribution in [0.2, 0.25) is 0 Å². The van der Waals surface area contributed by atoms with Gasteiger partial charge in [0.2, 0.25) is 0 Å². The summed E-state index contributed by atoms with van der Waals surface area (Å²) in [6.45, 7) is 2.65. The van der Waals surface area contributed by atoms with E-state index in [1.165, 1.54) is 4.88 Å². The molecule has 0 aliphatic carbocycles. The summed E-state index contributed by atoms with van der Waals surface area (Å²) in [6.07, 6.45) is 0. The molecule has 0 atom stereocenters. The molecule has 0 bridgehead atoms. The molecule has 0 amide bonds. The van der Waals surface area contributed by atoms with Crippen LogP contribution in [0.25, 0.3) is 0 Å². The van der Waals surface area contributed by atoms with E-state index in [9.17, 15) is 4.79 Å². The fourth-order valence-electron chi connectivity index (χ4n) is 1.90. The number of carboxylic acid groups (broad SMARTS) is 1. The minimum Gasteiger partial charge on any atom is -0.480 e. The van der Waals surface area contributed by atoms with Gasteiger partial charge in [-0.15, -0.1) is 11.3 Å². The van der Waals surface area contributed by atoms with Crippen molar-refractivity contribution in [1.82, 2.24) is 0 Å². The van der Waals surface area contributed by atoms with E-state index >= 15 is 0 Å². The molecule has 0 radical (unpaired) electrons. The van der Waals surface area contributed by atoms with E-state index < -0.39 is 5.97 Å². The monoisotopic (exact) mass is 261 g/mol. The zero-order valence-electron chi connectivity index (χ0n) is 10.2. The smallest absolute Gasteiger partial charge is 0.323 e. The first-order valence-electron chi connectivity index (χ1n) is 5.71. The van der Waals surface area contributed by atoms with Crippen LogP contribution >= 0.6 is 11.3 Å². The van der Waals surface area contributed by atoms with Gasteiger partial charge in [-0.25, -0.2) is 0 Å². The van der Waals surface area contributed by atoms with Gasteiger partial charge >= 0.3 is 5.97 Å². The van der Waals surface area contributed by atoms with Crippen molar-refractivity contribution in [3.05, 3.63) is 52.2 Å². The first-order chi connectivity index (χ1) is 8.66. The Bertz CT molecular complexity index is 522. The quantitative estimate of drug-likeness (QED) is 0.898. The molecule has 3 nitrogen and oxygen atoms in total. The number of hydrogen-bond acceptors (Lipinski definition) is 3. The SMILES string of the molecule is Cc1ccccc1N(CC(=O)O)Cc1cccs1. The van der Waals surface area contributed by atoms with Gasteiger partial charge < -0.3 is 10.0 Å².